The largest absolute Gasteiger partial charge is 0.326 e. The molecule has 0 aromatic heterocycles. The maximum Gasteiger partial charge on any atom is 0.271 e. The van der Waals surface area contributed by atoms with Crippen molar-refractivity contribution in [3.63, 3.8) is 0 Å². The molecule has 0 saturated heterocycles. The van der Waals surface area contributed by atoms with E-state index in [0.29, 0.717) is 16.3 Å². The fourth-order valence-corrected chi connectivity index (χ4v) is 1.92. The summed E-state index contributed by atoms with van der Waals surface area (Å²) in [5.41, 5.74) is 4.29. The maximum atomic E-state index is 11.9. The number of benzene rings is 2. The third-order valence-corrected chi connectivity index (χ3v) is 2.93. The van der Waals surface area contributed by atoms with Crippen molar-refractivity contribution in [2.75, 3.05) is 5.32 Å². The van der Waals surface area contributed by atoms with Crippen LogP contribution in [-0.4, -0.2) is 18.0 Å². The highest BCUT2D eigenvalue weighted by Gasteiger charge is 2.04. The van der Waals surface area contributed by atoms with Crippen LogP contribution in [0.1, 0.15) is 22.8 Å². The number of amides is 2. The van der Waals surface area contributed by atoms with E-state index in [0.717, 1.165) is 5.56 Å². The van der Waals surface area contributed by atoms with Crippen molar-refractivity contribution < 1.29 is 9.59 Å². The van der Waals surface area contributed by atoms with E-state index in [-0.39, 0.29) is 11.8 Å². The predicted molar refractivity (Wildman–Crippen MR) is 87.3 cm³/mol. The zero-order valence-corrected chi connectivity index (χ0v) is 12.6. The molecule has 22 heavy (non-hydrogen) atoms. The number of halogens is 1. The van der Waals surface area contributed by atoms with Gasteiger partial charge in [-0.05, 0) is 42.0 Å². The first-order chi connectivity index (χ1) is 10.5. The second-order valence-corrected chi connectivity index (χ2v) is 4.95. The topological polar surface area (TPSA) is 70.6 Å². The zero-order chi connectivity index (χ0) is 15.9. The summed E-state index contributed by atoms with van der Waals surface area (Å²) in [7, 11) is 0. The number of carbonyl (C=O) groups excluding carboxylic acids is 2. The lowest BCUT2D eigenvalue weighted by molar-refractivity contribution is -0.114. The molecule has 0 saturated carbocycles. The lowest BCUT2D eigenvalue weighted by atomic mass is 10.2. The summed E-state index contributed by atoms with van der Waals surface area (Å²) in [6.07, 6.45) is 1.51. The van der Waals surface area contributed by atoms with Crippen LogP contribution in [0.25, 0.3) is 0 Å². The van der Waals surface area contributed by atoms with Crippen molar-refractivity contribution >= 4 is 35.3 Å². The van der Waals surface area contributed by atoms with Crippen molar-refractivity contribution in [3.05, 3.63) is 64.7 Å². The van der Waals surface area contributed by atoms with Crippen molar-refractivity contribution in [2.24, 2.45) is 5.10 Å². The average Bonchev–Trinajstić information content (AvgIpc) is 2.47. The maximum absolute atomic E-state index is 11.9. The Hall–Kier alpha value is -2.66. The first-order valence-corrected chi connectivity index (χ1v) is 6.89. The Kier molecular flexibility index (Phi) is 5.27. The van der Waals surface area contributed by atoms with E-state index in [2.05, 4.69) is 15.8 Å². The van der Waals surface area contributed by atoms with Crippen molar-refractivity contribution in [1.82, 2.24) is 5.43 Å². The summed E-state index contributed by atoms with van der Waals surface area (Å²) in [6.45, 7) is 1.42. The lowest BCUT2D eigenvalue weighted by Crippen LogP contribution is -2.17. The quantitative estimate of drug-likeness (QED) is 0.672. The van der Waals surface area contributed by atoms with Crippen LogP contribution < -0.4 is 10.7 Å². The van der Waals surface area contributed by atoms with Gasteiger partial charge in [-0.2, -0.15) is 5.10 Å². The second-order valence-electron chi connectivity index (χ2n) is 4.51. The van der Waals surface area contributed by atoms with E-state index in [1.807, 2.05) is 6.07 Å². The van der Waals surface area contributed by atoms with Crippen molar-refractivity contribution in [1.29, 1.82) is 0 Å². The molecule has 0 aliphatic rings. The molecule has 0 aliphatic carbocycles. The summed E-state index contributed by atoms with van der Waals surface area (Å²) in [5.74, 6) is -0.504. The van der Waals surface area contributed by atoms with E-state index >= 15 is 0 Å². The lowest BCUT2D eigenvalue weighted by Gasteiger charge is -2.03. The van der Waals surface area contributed by atoms with E-state index in [1.54, 1.807) is 42.5 Å². The van der Waals surface area contributed by atoms with E-state index in [1.165, 1.54) is 13.1 Å². The number of carbonyl (C=O) groups is 2. The standard InChI is InChI=1S/C16H14ClN3O2/c1-11(21)19-15-7-5-13(6-8-15)16(22)20-18-10-12-3-2-4-14(17)9-12/h2-10H,1H3,(H,19,21)(H,20,22). The number of anilines is 1. The first-order valence-electron chi connectivity index (χ1n) is 6.51. The van der Waals surface area contributed by atoms with Gasteiger partial charge >= 0.3 is 0 Å². The van der Waals surface area contributed by atoms with Gasteiger partial charge in [-0.15, -0.1) is 0 Å². The highest BCUT2D eigenvalue weighted by atomic mass is 35.5. The SMILES string of the molecule is CC(=O)Nc1ccc(C(=O)NN=Cc2cccc(Cl)c2)cc1. The minimum absolute atomic E-state index is 0.164. The molecule has 0 bridgehead atoms. The molecular formula is C16H14ClN3O2. The Morgan fingerprint density at radius 3 is 2.50 bits per heavy atom. The predicted octanol–water partition coefficient (Wildman–Crippen LogP) is 3.06. The molecule has 2 rings (SSSR count). The molecule has 0 aliphatic heterocycles. The molecule has 2 N–H and O–H groups in total. The number of rotatable bonds is 4. The van der Waals surface area contributed by atoms with Crippen LogP contribution in [0.15, 0.2) is 53.6 Å². The Morgan fingerprint density at radius 1 is 1.14 bits per heavy atom. The van der Waals surface area contributed by atoms with Gasteiger partial charge in [0, 0.05) is 23.2 Å². The fourth-order valence-electron chi connectivity index (χ4n) is 1.73. The molecule has 5 nitrogen and oxygen atoms in total. The molecule has 112 valence electrons. The van der Waals surface area contributed by atoms with Gasteiger partial charge in [-0.3, -0.25) is 9.59 Å². The third kappa shape index (κ3) is 4.71. The smallest absolute Gasteiger partial charge is 0.271 e. The van der Waals surface area contributed by atoms with Gasteiger partial charge in [-0.25, -0.2) is 5.43 Å². The first kappa shape index (κ1) is 15.7. The molecule has 0 fully saturated rings. The molecule has 0 unspecified atom stereocenters. The molecule has 6 heteroatoms. The van der Waals surface area contributed by atoms with Gasteiger partial charge in [0.25, 0.3) is 5.91 Å². The Bertz CT molecular complexity index is 712. The van der Waals surface area contributed by atoms with Crippen LogP contribution in [0.4, 0.5) is 5.69 Å². The van der Waals surface area contributed by atoms with Gasteiger partial charge in [0.2, 0.25) is 5.91 Å². The minimum atomic E-state index is -0.340. The monoisotopic (exact) mass is 315 g/mol. The number of hydrogen-bond donors (Lipinski definition) is 2. The second kappa shape index (κ2) is 7.38. The average molecular weight is 316 g/mol. The molecule has 0 atom stereocenters. The van der Waals surface area contributed by atoms with Crippen LogP contribution in [0.2, 0.25) is 5.02 Å². The Balaban J connectivity index is 1.96. The van der Waals surface area contributed by atoms with Gasteiger partial charge in [0.1, 0.15) is 0 Å². The van der Waals surface area contributed by atoms with Crippen LogP contribution >= 0.6 is 11.6 Å². The molecule has 2 amide bonds. The van der Waals surface area contributed by atoms with Gasteiger partial charge in [0.15, 0.2) is 0 Å². The molecule has 0 radical (unpaired) electrons. The van der Waals surface area contributed by atoms with Gasteiger partial charge in [0.05, 0.1) is 6.21 Å². The van der Waals surface area contributed by atoms with Gasteiger partial charge in [-0.1, -0.05) is 23.7 Å². The number of hydrogen-bond acceptors (Lipinski definition) is 3. The van der Waals surface area contributed by atoms with Gasteiger partial charge < -0.3 is 5.32 Å². The normalized spacial score (nSPS) is 10.5. The van der Waals surface area contributed by atoms with Crippen LogP contribution in [0, 0.1) is 0 Å². The van der Waals surface area contributed by atoms with E-state index in [9.17, 15) is 9.59 Å². The highest BCUT2D eigenvalue weighted by Crippen LogP contribution is 2.10. The van der Waals surface area contributed by atoms with E-state index < -0.39 is 0 Å². The molecule has 2 aromatic rings. The number of nitrogens with one attached hydrogen (secondary N) is 2. The minimum Gasteiger partial charge on any atom is -0.326 e. The van der Waals surface area contributed by atoms with E-state index in [4.69, 9.17) is 11.6 Å². The highest BCUT2D eigenvalue weighted by molar-refractivity contribution is 6.30. The fraction of sp³-hybridized carbons (Fsp3) is 0.0625. The summed E-state index contributed by atoms with van der Waals surface area (Å²) in [5, 5.41) is 7.11. The zero-order valence-electron chi connectivity index (χ0n) is 11.8. The summed E-state index contributed by atoms with van der Waals surface area (Å²) < 4.78 is 0. The summed E-state index contributed by atoms with van der Waals surface area (Å²) in [6, 6.07) is 13.6. The van der Waals surface area contributed by atoms with Crippen molar-refractivity contribution in [2.45, 2.75) is 6.92 Å². The Morgan fingerprint density at radius 2 is 1.86 bits per heavy atom. The Labute approximate surface area is 133 Å². The van der Waals surface area contributed by atoms with Crippen LogP contribution in [0.3, 0.4) is 0 Å². The molecule has 0 heterocycles. The molecular weight excluding hydrogens is 302 g/mol. The summed E-state index contributed by atoms with van der Waals surface area (Å²) in [4.78, 5) is 22.8. The third-order valence-electron chi connectivity index (χ3n) is 2.70. The number of hydrazone groups is 1. The molecule has 2 aromatic carbocycles. The van der Waals surface area contributed by atoms with Crippen LogP contribution in [-0.2, 0) is 4.79 Å². The number of nitrogens with zero attached hydrogens (tertiary/aromatic N) is 1. The van der Waals surface area contributed by atoms with Crippen LogP contribution in [0.5, 0.6) is 0 Å². The molecule has 0 spiro atoms. The summed E-state index contributed by atoms with van der Waals surface area (Å²) >= 11 is 5.85. The van der Waals surface area contributed by atoms with Crippen molar-refractivity contribution in [3.8, 4) is 0 Å².